The number of hydrogen-bond donors (Lipinski definition) is 0. The highest BCUT2D eigenvalue weighted by atomic mass is 35.5. The summed E-state index contributed by atoms with van der Waals surface area (Å²) >= 11 is 7.50. The zero-order valence-electron chi connectivity index (χ0n) is 21.2. The van der Waals surface area contributed by atoms with Crippen molar-refractivity contribution in [3.63, 3.8) is 0 Å². The molecule has 0 N–H and O–H groups in total. The lowest BCUT2D eigenvalue weighted by Gasteiger charge is -2.25. The van der Waals surface area contributed by atoms with Crippen LogP contribution in [0.1, 0.15) is 36.1 Å². The molecule has 0 amide bonds. The molecular weight excluding hydrogens is 539 g/mol. The van der Waals surface area contributed by atoms with Crippen molar-refractivity contribution >= 4 is 35.0 Å². The number of esters is 1. The largest absolute Gasteiger partial charge is 0.488 e. The molecule has 1 aromatic heterocycles. The number of fused-ring (bicyclic) bond motifs is 1. The van der Waals surface area contributed by atoms with Crippen LogP contribution in [0.3, 0.4) is 0 Å². The van der Waals surface area contributed by atoms with E-state index in [2.05, 4.69) is 4.99 Å². The number of rotatable bonds is 7. The Bertz CT molecular complexity index is 1760. The normalized spacial score (nSPS) is 15.1. The van der Waals surface area contributed by atoms with Gasteiger partial charge in [-0.05, 0) is 42.3 Å². The van der Waals surface area contributed by atoms with Gasteiger partial charge in [0.05, 0.1) is 29.0 Å². The minimum absolute atomic E-state index is 0.00670. The average Bonchev–Trinajstić information content (AvgIpc) is 3.26. The average molecular weight is 563 g/mol. The Kier molecular flexibility index (Phi) is 7.77. The number of halogens is 2. The molecular formula is C30H24ClFN2O4S. The molecule has 39 heavy (non-hydrogen) atoms. The van der Waals surface area contributed by atoms with Gasteiger partial charge in [-0.15, -0.1) is 0 Å². The Balaban J connectivity index is 1.64. The first kappa shape index (κ1) is 26.6. The van der Waals surface area contributed by atoms with Crippen LogP contribution in [0.15, 0.2) is 93.9 Å². The summed E-state index contributed by atoms with van der Waals surface area (Å²) in [6, 6.07) is 20.0. The molecule has 2 heterocycles. The predicted octanol–water partition coefficient (Wildman–Crippen LogP) is 5.17. The van der Waals surface area contributed by atoms with Crippen LogP contribution >= 0.6 is 22.9 Å². The second-order valence-corrected chi connectivity index (χ2v) is 10.2. The summed E-state index contributed by atoms with van der Waals surface area (Å²) in [4.78, 5) is 31.9. The molecule has 6 nitrogen and oxygen atoms in total. The second-order valence-electron chi connectivity index (χ2n) is 8.76. The zero-order valence-corrected chi connectivity index (χ0v) is 22.8. The summed E-state index contributed by atoms with van der Waals surface area (Å²) in [6.45, 7) is 1.91. The van der Waals surface area contributed by atoms with Gasteiger partial charge in [0.1, 0.15) is 18.2 Å². The van der Waals surface area contributed by atoms with Gasteiger partial charge in [0.15, 0.2) is 4.80 Å². The first-order chi connectivity index (χ1) is 18.9. The number of aromatic nitrogens is 1. The fourth-order valence-corrected chi connectivity index (χ4v) is 5.68. The van der Waals surface area contributed by atoms with Gasteiger partial charge in [-0.2, -0.15) is 0 Å². The van der Waals surface area contributed by atoms with E-state index in [-0.39, 0.29) is 18.0 Å². The van der Waals surface area contributed by atoms with Crippen molar-refractivity contribution in [2.24, 2.45) is 4.99 Å². The van der Waals surface area contributed by atoms with E-state index >= 15 is 0 Å². The van der Waals surface area contributed by atoms with E-state index < -0.39 is 12.0 Å². The Morgan fingerprint density at radius 2 is 1.87 bits per heavy atom. The van der Waals surface area contributed by atoms with Crippen LogP contribution in [0.25, 0.3) is 6.08 Å². The van der Waals surface area contributed by atoms with Gasteiger partial charge in [0.2, 0.25) is 0 Å². The summed E-state index contributed by atoms with van der Waals surface area (Å²) in [5, 5.41) is 0.454. The molecule has 0 aliphatic carbocycles. The number of allylic oxidation sites excluding steroid dienone is 1. The van der Waals surface area contributed by atoms with Crippen LogP contribution in [0.5, 0.6) is 5.75 Å². The monoisotopic (exact) mass is 562 g/mol. The smallest absolute Gasteiger partial charge is 0.338 e. The van der Waals surface area contributed by atoms with Crippen LogP contribution in [-0.4, -0.2) is 17.6 Å². The maximum atomic E-state index is 14.1. The number of thiazole rings is 1. The van der Waals surface area contributed by atoms with Crippen molar-refractivity contribution in [2.75, 3.05) is 7.11 Å². The van der Waals surface area contributed by atoms with Crippen molar-refractivity contribution in [3.05, 3.63) is 131 Å². The summed E-state index contributed by atoms with van der Waals surface area (Å²) < 4.78 is 27.1. The summed E-state index contributed by atoms with van der Waals surface area (Å²) in [5.74, 6) is -0.453. The van der Waals surface area contributed by atoms with Crippen molar-refractivity contribution in [3.8, 4) is 5.75 Å². The van der Waals surface area contributed by atoms with E-state index in [0.29, 0.717) is 48.9 Å². The number of carbonyl (C=O) groups is 1. The third-order valence-corrected chi connectivity index (χ3v) is 7.58. The molecule has 0 fully saturated rings. The van der Waals surface area contributed by atoms with Gasteiger partial charge in [-0.3, -0.25) is 9.36 Å². The highest BCUT2D eigenvalue weighted by Gasteiger charge is 2.33. The molecule has 0 saturated heterocycles. The van der Waals surface area contributed by atoms with Crippen LogP contribution in [0, 0.1) is 5.82 Å². The highest BCUT2D eigenvalue weighted by Crippen LogP contribution is 2.32. The van der Waals surface area contributed by atoms with Crippen molar-refractivity contribution in [1.82, 2.24) is 4.57 Å². The molecule has 1 aliphatic heterocycles. The molecule has 0 radical (unpaired) electrons. The third-order valence-electron chi connectivity index (χ3n) is 6.37. The van der Waals surface area contributed by atoms with Crippen molar-refractivity contribution in [1.29, 1.82) is 0 Å². The van der Waals surface area contributed by atoms with Gasteiger partial charge < -0.3 is 9.47 Å². The first-order valence-corrected chi connectivity index (χ1v) is 13.4. The van der Waals surface area contributed by atoms with E-state index in [1.54, 1.807) is 42.5 Å². The second kappa shape index (κ2) is 11.4. The summed E-state index contributed by atoms with van der Waals surface area (Å²) in [5.41, 5.74) is 2.32. The number of ether oxygens (including phenoxy) is 2. The van der Waals surface area contributed by atoms with Crippen molar-refractivity contribution in [2.45, 2.75) is 26.0 Å². The van der Waals surface area contributed by atoms with Gasteiger partial charge in [0.25, 0.3) is 5.56 Å². The molecule has 0 saturated carbocycles. The van der Waals surface area contributed by atoms with Gasteiger partial charge >= 0.3 is 5.97 Å². The maximum absolute atomic E-state index is 14.1. The SMILES string of the molecule is CCC1=C(C(=O)OC)[C@@H](c2ccccc2)n2c(s/c(=C/c3cc(Cl)ccc3OCc3ccccc3F)c2=O)=N1. The lowest BCUT2D eigenvalue weighted by molar-refractivity contribution is -0.136. The Labute approximate surface area is 232 Å². The van der Waals surface area contributed by atoms with E-state index in [4.69, 9.17) is 21.1 Å². The number of methoxy groups -OCH3 is 1. The maximum Gasteiger partial charge on any atom is 0.338 e. The Morgan fingerprint density at radius 3 is 2.59 bits per heavy atom. The van der Waals surface area contributed by atoms with E-state index in [9.17, 15) is 14.0 Å². The fourth-order valence-electron chi connectivity index (χ4n) is 4.49. The number of carbonyl (C=O) groups excluding carboxylic acids is 1. The van der Waals surface area contributed by atoms with E-state index in [1.165, 1.54) is 29.1 Å². The molecule has 0 bridgehead atoms. The van der Waals surface area contributed by atoms with Crippen LogP contribution in [-0.2, 0) is 16.1 Å². The molecule has 0 unspecified atom stereocenters. The molecule has 0 spiro atoms. The summed E-state index contributed by atoms with van der Waals surface area (Å²) in [7, 11) is 1.32. The fraction of sp³-hybridized carbons (Fsp3) is 0.167. The number of nitrogens with zero attached hydrogens (tertiary/aromatic N) is 2. The van der Waals surface area contributed by atoms with Gasteiger partial charge in [0, 0.05) is 16.1 Å². The molecule has 198 valence electrons. The van der Waals surface area contributed by atoms with Gasteiger partial charge in [-0.25, -0.2) is 14.2 Å². The number of hydrogen-bond acceptors (Lipinski definition) is 6. The zero-order chi connectivity index (χ0) is 27.5. The highest BCUT2D eigenvalue weighted by molar-refractivity contribution is 7.07. The van der Waals surface area contributed by atoms with Crippen LogP contribution in [0.4, 0.5) is 4.39 Å². The first-order valence-electron chi connectivity index (χ1n) is 12.2. The third kappa shape index (κ3) is 5.30. The van der Waals surface area contributed by atoms with E-state index in [1.807, 2.05) is 37.3 Å². The molecule has 9 heteroatoms. The molecule has 1 aliphatic rings. The number of benzene rings is 3. The quantitative estimate of drug-likeness (QED) is 0.291. The topological polar surface area (TPSA) is 69.9 Å². The Morgan fingerprint density at radius 1 is 1.13 bits per heavy atom. The van der Waals surface area contributed by atoms with Gasteiger partial charge in [-0.1, -0.05) is 78.4 Å². The van der Waals surface area contributed by atoms with E-state index in [0.717, 1.165) is 5.56 Å². The Hall–Kier alpha value is -4.01. The molecule has 1 atom stereocenters. The predicted molar refractivity (Wildman–Crippen MR) is 149 cm³/mol. The van der Waals surface area contributed by atoms with Crippen LogP contribution < -0.4 is 19.6 Å². The lowest BCUT2D eigenvalue weighted by Crippen LogP contribution is -2.40. The van der Waals surface area contributed by atoms with Crippen LogP contribution in [0.2, 0.25) is 5.02 Å². The molecule has 3 aromatic carbocycles. The minimum Gasteiger partial charge on any atom is -0.488 e. The summed E-state index contributed by atoms with van der Waals surface area (Å²) in [6.07, 6.45) is 2.17. The lowest BCUT2D eigenvalue weighted by atomic mass is 9.95. The standard InChI is InChI=1S/C30H24ClFN2O4S/c1-3-23-26(29(36)37-2)27(18-9-5-4-6-10-18)34-28(35)25(39-30(34)33-23)16-20-15-21(31)13-14-24(20)38-17-19-11-7-8-12-22(19)32/h4-16,27H,3,17H2,1-2H3/b25-16+/t27-/m1/s1. The molecule has 4 aromatic rings. The minimum atomic E-state index is -0.692. The van der Waals surface area contributed by atoms with Crippen molar-refractivity contribution < 1.29 is 18.7 Å². The molecule has 5 rings (SSSR count).